The van der Waals surface area contributed by atoms with E-state index in [1.807, 2.05) is 37.3 Å². The van der Waals surface area contributed by atoms with Gasteiger partial charge in [0.2, 0.25) is 0 Å². The zero-order valence-electron chi connectivity index (χ0n) is 17.7. The molecule has 33 heavy (non-hydrogen) atoms. The second kappa shape index (κ2) is 8.65. The van der Waals surface area contributed by atoms with Crippen LogP contribution >= 0.6 is 11.3 Å². The van der Waals surface area contributed by atoms with Gasteiger partial charge in [0.05, 0.1) is 15.1 Å². The fourth-order valence-corrected chi connectivity index (χ4v) is 5.50. The van der Waals surface area contributed by atoms with Crippen molar-refractivity contribution in [2.75, 3.05) is 10.0 Å². The molecule has 164 valence electrons. The summed E-state index contributed by atoms with van der Waals surface area (Å²) in [5.41, 5.74) is 4.29. The fraction of sp³-hybridized carbons (Fsp3) is 0.0400. The van der Waals surface area contributed by atoms with E-state index in [2.05, 4.69) is 38.2 Å². The van der Waals surface area contributed by atoms with Crippen molar-refractivity contribution in [3.05, 3.63) is 96.8 Å². The van der Waals surface area contributed by atoms with Crippen LogP contribution in [0.2, 0.25) is 0 Å². The van der Waals surface area contributed by atoms with Crippen LogP contribution < -0.4 is 10.0 Å². The fourth-order valence-electron chi connectivity index (χ4n) is 3.38. The van der Waals surface area contributed by atoms with Gasteiger partial charge in [-0.3, -0.25) is 4.72 Å². The molecule has 6 nitrogen and oxygen atoms in total. The third-order valence-corrected chi connectivity index (χ3v) is 7.68. The van der Waals surface area contributed by atoms with E-state index in [0.29, 0.717) is 11.5 Å². The van der Waals surface area contributed by atoms with Crippen LogP contribution in [0.4, 0.5) is 17.2 Å². The number of hydrogen-bond donors (Lipinski definition) is 2. The number of nitrogens with one attached hydrogen (secondary N) is 2. The summed E-state index contributed by atoms with van der Waals surface area (Å²) < 4.78 is 28.8. The molecule has 0 bridgehead atoms. The molecule has 2 heterocycles. The van der Waals surface area contributed by atoms with Gasteiger partial charge in [0.15, 0.2) is 5.82 Å². The van der Waals surface area contributed by atoms with Crippen molar-refractivity contribution in [1.82, 2.24) is 9.97 Å². The number of fused-ring (bicyclic) bond motifs is 1. The summed E-state index contributed by atoms with van der Waals surface area (Å²) in [4.78, 5) is 10.2. The SMILES string of the molecule is Cc1ccc(S(=O)(=O)Nc2ccc(Nc3ncnc4cc(-c5ccccc5)sc34)cc2)cc1. The zero-order valence-corrected chi connectivity index (χ0v) is 19.3. The number of hydrogen-bond acceptors (Lipinski definition) is 6. The minimum atomic E-state index is -3.64. The molecule has 0 saturated heterocycles. The highest BCUT2D eigenvalue weighted by Gasteiger charge is 2.14. The molecule has 3 aromatic carbocycles. The second-order valence-electron chi connectivity index (χ2n) is 7.53. The highest BCUT2D eigenvalue weighted by molar-refractivity contribution is 7.92. The lowest BCUT2D eigenvalue weighted by molar-refractivity contribution is 0.601. The molecule has 2 aromatic heterocycles. The van der Waals surface area contributed by atoms with Gasteiger partial charge in [-0.2, -0.15) is 0 Å². The summed E-state index contributed by atoms with van der Waals surface area (Å²) in [7, 11) is -3.64. The third-order valence-electron chi connectivity index (χ3n) is 5.10. The number of aryl methyl sites for hydroxylation is 1. The van der Waals surface area contributed by atoms with Gasteiger partial charge in [-0.1, -0.05) is 48.0 Å². The van der Waals surface area contributed by atoms with Crippen LogP contribution in [0.1, 0.15) is 5.56 Å². The summed E-state index contributed by atoms with van der Waals surface area (Å²) >= 11 is 1.63. The zero-order chi connectivity index (χ0) is 22.8. The van der Waals surface area contributed by atoms with Crippen molar-refractivity contribution in [1.29, 1.82) is 0 Å². The Morgan fingerprint density at radius 3 is 2.24 bits per heavy atom. The normalized spacial score (nSPS) is 11.4. The highest BCUT2D eigenvalue weighted by Crippen LogP contribution is 2.36. The Morgan fingerprint density at radius 1 is 0.818 bits per heavy atom. The van der Waals surface area contributed by atoms with Crippen LogP contribution in [0, 0.1) is 6.92 Å². The Kier molecular flexibility index (Phi) is 5.53. The standard InChI is InChI=1S/C25H20N4O2S2/c1-17-7-13-21(14-8-17)33(30,31)29-20-11-9-19(10-12-20)28-25-24-22(26-16-27-25)15-23(32-24)18-5-3-2-4-6-18/h2-16,29H,1H3,(H,26,27,28). The molecule has 0 aliphatic rings. The third kappa shape index (κ3) is 4.57. The van der Waals surface area contributed by atoms with Crippen LogP contribution in [0.5, 0.6) is 0 Å². The lowest BCUT2D eigenvalue weighted by Crippen LogP contribution is -2.12. The van der Waals surface area contributed by atoms with E-state index in [9.17, 15) is 8.42 Å². The predicted molar refractivity (Wildman–Crippen MR) is 135 cm³/mol. The maximum Gasteiger partial charge on any atom is 0.261 e. The van der Waals surface area contributed by atoms with Crippen molar-refractivity contribution < 1.29 is 8.42 Å². The average Bonchev–Trinajstić information content (AvgIpc) is 3.27. The van der Waals surface area contributed by atoms with Crippen LogP contribution in [0.3, 0.4) is 0 Å². The van der Waals surface area contributed by atoms with Crippen molar-refractivity contribution in [3.63, 3.8) is 0 Å². The summed E-state index contributed by atoms with van der Waals surface area (Å²) in [6.45, 7) is 1.92. The second-order valence-corrected chi connectivity index (χ2v) is 10.3. The molecule has 0 saturated carbocycles. The van der Waals surface area contributed by atoms with Gasteiger partial charge < -0.3 is 5.32 Å². The molecule has 0 amide bonds. The van der Waals surface area contributed by atoms with Crippen LogP contribution in [-0.2, 0) is 10.0 Å². The maximum atomic E-state index is 12.6. The average molecular weight is 473 g/mol. The first-order valence-corrected chi connectivity index (χ1v) is 12.5. The quantitative estimate of drug-likeness (QED) is 0.307. The number of rotatable bonds is 6. The monoisotopic (exact) mass is 472 g/mol. The minimum absolute atomic E-state index is 0.227. The predicted octanol–water partition coefficient (Wildman–Crippen LogP) is 6.21. The number of nitrogens with zero attached hydrogens (tertiary/aromatic N) is 2. The van der Waals surface area contributed by atoms with Gasteiger partial charge in [-0.05, 0) is 55.0 Å². The van der Waals surface area contributed by atoms with E-state index in [1.165, 1.54) is 6.33 Å². The minimum Gasteiger partial charge on any atom is -0.339 e. The number of sulfonamides is 1. The molecular weight excluding hydrogens is 452 g/mol. The van der Waals surface area contributed by atoms with E-state index < -0.39 is 10.0 Å². The van der Waals surface area contributed by atoms with Gasteiger partial charge in [0, 0.05) is 16.3 Å². The maximum absolute atomic E-state index is 12.6. The molecular formula is C25H20N4O2S2. The molecule has 0 aliphatic heterocycles. The van der Waals surface area contributed by atoms with Crippen molar-refractivity contribution in [2.24, 2.45) is 0 Å². The highest BCUT2D eigenvalue weighted by atomic mass is 32.2. The van der Waals surface area contributed by atoms with Crippen molar-refractivity contribution in [3.8, 4) is 10.4 Å². The number of thiophene rings is 1. The summed E-state index contributed by atoms with van der Waals surface area (Å²) in [5, 5.41) is 3.32. The molecule has 5 aromatic rings. The molecule has 0 fully saturated rings. The Hall–Kier alpha value is -3.75. The summed E-state index contributed by atoms with van der Waals surface area (Å²) in [6.07, 6.45) is 1.54. The van der Waals surface area contributed by atoms with E-state index >= 15 is 0 Å². The van der Waals surface area contributed by atoms with Gasteiger partial charge in [0.25, 0.3) is 10.0 Å². The first kappa shape index (κ1) is 21.1. The lowest BCUT2D eigenvalue weighted by Gasteiger charge is -2.10. The first-order valence-electron chi connectivity index (χ1n) is 10.2. The molecule has 2 N–H and O–H groups in total. The smallest absolute Gasteiger partial charge is 0.261 e. The van der Waals surface area contributed by atoms with Crippen molar-refractivity contribution >= 4 is 48.8 Å². The molecule has 0 radical (unpaired) electrons. The number of anilines is 3. The van der Waals surface area contributed by atoms with Gasteiger partial charge in [-0.15, -0.1) is 11.3 Å². The topological polar surface area (TPSA) is 84.0 Å². The molecule has 0 aliphatic carbocycles. The molecule has 8 heteroatoms. The van der Waals surface area contributed by atoms with E-state index in [4.69, 9.17) is 0 Å². The Bertz CT molecular complexity index is 1510. The number of benzene rings is 3. The molecule has 0 unspecified atom stereocenters. The summed E-state index contributed by atoms with van der Waals surface area (Å²) in [6, 6.07) is 26.0. The van der Waals surface area contributed by atoms with Gasteiger partial charge in [-0.25, -0.2) is 18.4 Å². The Labute approximate surface area is 196 Å². The van der Waals surface area contributed by atoms with E-state index in [0.717, 1.165) is 31.9 Å². The largest absolute Gasteiger partial charge is 0.339 e. The Balaban J connectivity index is 1.36. The number of aromatic nitrogens is 2. The van der Waals surface area contributed by atoms with E-state index in [-0.39, 0.29) is 4.90 Å². The van der Waals surface area contributed by atoms with Gasteiger partial charge >= 0.3 is 0 Å². The van der Waals surface area contributed by atoms with Crippen molar-refractivity contribution in [2.45, 2.75) is 11.8 Å². The summed E-state index contributed by atoms with van der Waals surface area (Å²) in [5.74, 6) is 0.708. The lowest BCUT2D eigenvalue weighted by atomic mass is 10.2. The molecule has 0 spiro atoms. The first-order chi connectivity index (χ1) is 16.0. The van der Waals surface area contributed by atoms with Gasteiger partial charge in [0.1, 0.15) is 6.33 Å². The van der Waals surface area contributed by atoms with Crippen LogP contribution in [0.25, 0.3) is 20.7 Å². The van der Waals surface area contributed by atoms with E-state index in [1.54, 1.807) is 47.7 Å². The van der Waals surface area contributed by atoms with Crippen LogP contribution in [0.15, 0.2) is 96.2 Å². The molecule has 0 atom stereocenters. The molecule has 5 rings (SSSR count). The Morgan fingerprint density at radius 2 is 1.52 bits per heavy atom. The van der Waals surface area contributed by atoms with Crippen LogP contribution in [-0.4, -0.2) is 18.4 Å².